The Balaban J connectivity index is 1.23. The first-order valence-electron chi connectivity index (χ1n) is 13.4. The molecule has 12 heteroatoms. The largest absolute Gasteiger partial charge is 0.497 e. The van der Waals surface area contributed by atoms with Crippen LogP contribution in [0.3, 0.4) is 0 Å². The van der Waals surface area contributed by atoms with Gasteiger partial charge in [0.25, 0.3) is 0 Å². The summed E-state index contributed by atoms with van der Waals surface area (Å²) in [4.78, 5) is 42.8. The molecule has 3 aromatic rings. The topological polar surface area (TPSA) is 94.6 Å². The van der Waals surface area contributed by atoms with E-state index in [-0.39, 0.29) is 18.0 Å². The summed E-state index contributed by atoms with van der Waals surface area (Å²) in [7, 11) is 5.00. The predicted molar refractivity (Wildman–Crippen MR) is 167 cm³/mol. The quantitative estimate of drug-likeness (QED) is 0.151. The van der Waals surface area contributed by atoms with Crippen molar-refractivity contribution in [3.63, 3.8) is 0 Å². The normalized spacial score (nSPS) is 23.6. The molecule has 4 heterocycles. The number of alkyl halides is 1. The molecule has 2 fully saturated rings. The molecule has 7 rings (SSSR count). The molecule has 2 amide bonds. The zero-order valence-corrected chi connectivity index (χ0v) is 26.2. The molecule has 9 nitrogen and oxygen atoms in total. The van der Waals surface area contributed by atoms with Crippen LogP contribution in [-0.2, 0) is 15.1 Å². The lowest BCUT2D eigenvalue weighted by molar-refractivity contribution is -0.133. The maximum absolute atomic E-state index is 13.5. The van der Waals surface area contributed by atoms with Gasteiger partial charge in [0.2, 0.25) is 5.91 Å². The van der Waals surface area contributed by atoms with E-state index in [2.05, 4.69) is 22.6 Å². The highest BCUT2D eigenvalue weighted by atomic mass is 127. The van der Waals surface area contributed by atoms with Gasteiger partial charge < -0.3 is 28.7 Å². The van der Waals surface area contributed by atoms with Gasteiger partial charge in [-0.15, -0.1) is 0 Å². The van der Waals surface area contributed by atoms with Crippen LogP contribution < -0.4 is 14.2 Å². The third kappa shape index (κ3) is 4.32. The van der Waals surface area contributed by atoms with Gasteiger partial charge in [0.05, 0.1) is 29.2 Å². The van der Waals surface area contributed by atoms with Crippen LogP contribution in [0.25, 0.3) is 0 Å². The summed E-state index contributed by atoms with van der Waals surface area (Å²) in [5, 5.41) is 0. The Morgan fingerprint density at radius 3 is 2.29 bits per heavy atom. The van der Waals surface area contributed by atoms with Gasteiger partial charge in [-0.1, -0.05) is 62.4 Å². The Morgan fingerprint density at radius 1 is 0.929 bits per heavy atom. The van der Waals surface area contributed by atoms with Gasteiger partial charge in [-0.2, -0.15) is 0 Å². The first-order valence-corrected chi connectivity index (χ1v) is 17.4. The molecule has 0 aromatic heterocycles. The molecule has 0 N–H and O–H groups in total. The lowest BCUT2D eigenvalue weighted by atomic mass is 9.77. The predicted octanol–water partition coefficient (Wildman–Crippen LogP) is 5.47. The second kappa shape index (κ2) is 10.9. The molecule has 0 radical (unpaired) electrons. The van der Waals surface area contributed by atoms with Crippen molar-refractivity contribution in [1.82, 2.24) is 9.80 Å². The molecule has 4 aliphatic rings. The van der Waals surface area contributed by atoms with Crippen molar-refractivity contribution in [3.8, 4) is 23.0 Å². The van der Waals surface area contributed by atoms with E-state index in [4.69, 9.17) is 18.9 Å². The third-order valence-corrected chi connectivity index (χ3v) is 11.2. The van der Waals surface area contributed by atoms with E-state index in [1.54, 1.807) is 63.9 Å². The third-order valence-electron chi connectivity index (χ3n) is 8.15. The Hall–Kier alpha value is -3.10. The number of esters is 1. The van der Waals surface area contributed by atoms with Gasteiger partial charge in [-0.25, -0.2) is 9.59 Å². The molecule has 4 aliphatic heterocycles. The fraction of sp³-hybridized carbons (Fsp3) is 0.300. The Labute approximate surface area is 263 Å². The molecule has 0 bridgehead atoms. The van der Waals surface area contributed by atoms with E-state index in [9.17, 15) is 14.4 Å². The molecule has 3 aromatic carbocycles. The number of amides is 2. The summed E-state index contributed by atoms with van der Waals surface area (Å²) in [5.41, 5.74) is 1.28. The summed E-state index contributed by atoms with van der Waals surface area (Å²) in [6.07, 6.45) is -0.468. The lowest BCUT2D eigenvalue weighted by Crippen LogP contribution is -2.65. The van der Waals surface area contributed by atoms with E-state index < -0.39 is 17.7 Å². The Bertz CT molecular complexity index is 1620. The first-order chi connectivity index (χ1) is 20.4. The number of hydrogen-bond acceptors (Lipinski definition) is 9. The van der Waals surface area contributed by atoms with Crippen LogP contribution in [0.4, 0.5) is 4.79 Å². The summed E-state index contributed by atoms with van der Waals surface area (Å²) in [6.45, 7) is 0.876. The zero-order chi connectivity index (χ0) is 29.0. The molecule has 1 unspecified atom stereocenters. The number of carbonyl (C=O) groups excluding carboxylic acids is 3. The van der Waals surface area contributed by atoms with E-state index in [1.807, 2.05) is 35.2 Å². The summed E-state index contributed by atoms with van der Waals surface area (Å²) in [6, 6.07) is 17.7. The van der Waals surface area contributed by atoms with Gasteiger partial charge in [0, 0.05) is 53.4 Å². The first kappa shape index (κ1) is 27.7. The Morgan fingerprint density at radius 2 is 1.57 bits per heavy atom. The van der Waals surface area contributed by atoms with Crippen LogP contribution >= 0.6 is 44.2 Å². The molecule has 216 valence electrons. The molecule has 42 heavy (non-hydrogen) atoms. The number of methoxy groups -OCH3 is 1. The van der Waals surface area contributed by atoms with Crippen LogP contribution in [0, 0.1) is 0 Å². The van der Waals surface area contributed by atoms with Gasteiger partial charge in [0.15, 0.2) is 5.60 Å². The molecular formula is C30H25IN2O7S2. The number of carbonyl (C=O) groups is 3. The molecule has 2 saturated heterocycles. The average Bonchev–Trinajstić information content (AvgIpc) is 3.32. The second-order valence-corrected chi connectivity index (χ2v) is 13.5. The number of rotatable bonds is 3. The highest BCUT2D eigenvalue weighted by molar-refractivity contribution is 14.1. The van der Waals surface area contributed by atoms with E-state index in [1.165, 1.54) is 0 Å². The van der Waals surface area contributed by atoms with E-state index in [0.717, 1.165) is 5.75 Å². The van der Waals surface area contributed by atoms with Gasteiger partial charge in [0.1, 0.15) is 23.0 Å². The minimum Gasteiger partial charge on any atom is -0.497 e. The van der Waals surface area contributed by atoms with Crippen LogP contribution in [0.15, 0.2) is 60.7 Å². The Kier molecular flexibility index (Phi) is 7.17. The van der Waals surface area contributed by atoms with Crippen molar-refractivity contribution in [3.05, 3.63) is 82.9 Å². The van der Waals surface area contributed by atoms with Gasteiger partial charge >= 0.3 is 12.1 Å². The average molecular weight is 717 g/mol. The van der Waals surface area contributed by atoms with Crippen molar-refractivity contribution in [1.29, 1.82) is 0 Å². The molecule has 1 spiro atoms. The van der Waals surface area contributed by atoms with Crippen LogP contribution in [-0.4, -0.2) is 76.0 Å². The highest BCUT2D eigenvalue weighted by Crippen LogP contribution is 2.57. The lowest BCUT2D eigenvalue weighted by Gasteiger charge is -2.48. The number of piperazine rings is 1. The number of ether oxygens (including phenoxy) is 4. The van der Waals surface area contributed by atoms with Crippen molar-refractivity contribution in [2.75, 3.05) is 36.1 Å². The standard InChI is InChI=1S/C30H25IN2O7S2/c1-37-17-6-8-21-25(12-17)39-26-13-18(7-9-22(26)30(21)20-5-3-2-4-19(20)28(35)40-30)38-29(36)33-11-10-32(27(34)14-31)23-15-41-42-16-24(23)33/h2-9,12-13,23-24H,10-11,14-16H2,1H3/t23-,24+,30?/m1/s1. The summed E-state index contributed by atoms with van der Waals surface area (Å²) in [5.74, 6) is 2.93. The fourth-order valence-corrected chi connectivity index (χ4v) is 9.33. The summed E-state index contributed by atoms with van der Waals surface area (Å²) < 4.78 is 24.3. The van der Waals surface area contributed by atoms with Crippen molar-refractivity contribution < 1.29 is 33.3 Å². The summed E-state index contributed by atoms with van der Waals surface area (Å²) >= 11 is 2.09. The highest BCUT2D eigenvalue weighted by Gasteiger charge is 2.53. The zero-order valence-electron chi connectivity index (χ0n) is 22.4. The maximum atomic E-state index is 13.5. The van der Waals surface area contributed by atoms with E-state index >= 15 is 0 Å². The number of benzene rings is 3. The monoisotopic (exact) mass is 716 g/mol. The van der Waals surface area contributed by atoms with Gasteiger partial charge in [-0.3, -0.25) is 4.79 Å². The second-order valence-electron chi connectivity index (χ2n) is 10.2. The molecule has 0 aliphatic carbocycles. The van der Waals surface area contributed by atoms with E-state index in [0.29, 0.717) is 68.5 Å². The number of halogens is 1. The minimum atomic E-state index is -1.23. The van der Waals surface area contributed by atoms with Gasteiger partial charge in [-0.05, 0) is 30.3 Å². The minimum absolute atomic E-state index is 0.0462. The number of fused-ring (bicyclic) bond motifs is 7. The smallest absolute Gasteiger partial charge is 0.415 e. The maximum Gasteiger partial charge on any atom is 0.415 e. The van der Waals surface area contributed by atoms with Crippen molar-refractivity contribution in [2.24, 2.45) is 0 Å². The van der Waals surface area contributed by atoms with Crippen molar-refractivity contribution in [2.45, 2.75) is 17.7 Å². The SMILES string of the molecule is COc1ccc2c(c1)Oc1cc(OC(=O)N3CCN(C(=O)CI)[C@@H]4CSSC[C@@H]43)ccc1C21OC(=O)c2ccccc21. The fourth-order valence-electron chi connectivity index (χ4n) is 6.20. The number of nitrogens with zero attached hydrogens (tertiary/aromatic N) is 2. The molecular weight excluding hydrogens is 691 g/mol. The van der Waals surface area contributed by atoms with Crippen LogP contribution in [0.5, 0.6) is 23.0 Å². The molecule has 3 atom stereocenters. The van der Waals surface area contributed by atoms with Crippen molar-refractivity contribution >= 4 is 62.1 Å². The molecule has 0 saturated carbocycles. The van der Waals surface area contributed by atoms with Crippen LogP contribution in [0.1, 0.15) is 27.0 Å². The number of hydrogen-bond donors (Lipinski definition) is 0. The van der Waals surface area contributed by atoms with Crippen LogP contribution in [0.2, 0.25) is 0 Å².